The summed E-state index contributed by atoms with van der Waals surface area (Å²) >= 11 is 0. The van der Waals surface area contributed by atoms with Gasteiger partial charge in [-0.05, 0) is 44.4 Å². The lowest BCUT2D eigenvalue weighted by Gasteiger charge is -2.29. The molecule has 0 amide bonds. The van der Waals surface area contributed by atoms with E-state index in [1.54, 1.807) is 7.11 Å². The predicted molar refractivity (Wildman–Crippen MR) is 81.1 cm³/mol. The number of ether oxygens (including phenoxy) is 1. The van der Waals surface area contributed by atoms with Crippen LogP contribution >= 0.6 is 0 Å². The van der Waals surface area contributed by atoms with Crippen molar-refractivity contribution in [3.63, 3.8) is 0 Å². The van der Waals surface area contributed by atoms with Gasteiger partial charge in [-0.15, -0.1) is 0 Å². The Hall–Kier alpha value is -1.55. The number of hydrogen-bond donors (Lipinski definition) is 1. The molecule has 1 N–H and O–H groups in total. The molecule has 2 unspecified atom stereocenters. The van der Waals surface area contributed by atoms with Gasteiger partial charge in [-0.1, -0.05) is 6.92 Å². The second-order valence-corrected chi connectivity index (χ2v) is 5.62. The van der Waals surface area contributed by atoms with Gasteiger partial charge in [-0.2, -0.15) is 0 Å². The number of nitrogens with zero attached hydrogens (tertiary/aromatic N) is 2. The van der Waals surface area contributed by atoms with Crippen molar-refractivity contribution in [2.24, 2.45) is 5.92 Å². The van der Waals surface area contributed by atoms with Crippen molar-refractivity contribution in [2.75, 3.05) is 13.7 Å². The first-order chi connectivity index (χ1) is 9.74. The molecule has 0 aliphatic carbocycles. The average Bonchev–Trinajstić information content (AvgIpc) is 2.84. The van der Waals surface area contributed by atoms with E-state index in [4.69, 9.17) is 9.72 Å². The molecular formula is C16H23N3O. The van der Waals surface area contributed by atoms with Crippen LogP contribution in [0.25, 0.3) is 11.0 Å². The highest BCUT2D eigenvalue weighted by Gasteiger charge is 2.27. The van der Waals surface area contributed by atoms with Gasteiger partial charge in [0.05, 0.1) is 24.2 Å². The summed E-state index contributed by atoms with van der Waals surface area (Å²) in [6.07, 6.45) is 2.53. The van der Waals surface area contributed by atoms with Gasteiger partial charge in [-0.3, -0.25) is 0 Å². The van der Waals surface area contributed by atoms with E-state index in [2.05, 4.69) is 29.8 Å². The molecule has 4 nitrogen and oxygen atoms in total. The van der Waals surface area contributed by atoms with Crippen LogP contribution in [0.1, 0.15) is 38.6 Å². The summed E-state index contributed by atoms with van der Waals surface area (Å²) in [6, 6.07) is 6.51. The van der Waals surface area contributed by atoms with E-state index in [1.807, 2.05) is 12.1 Å². The Morgan fingerprint density at radius 3 is 3.00 bits per heavy atom. The zero-order valence-electron chi connectivity index (χ0n) is 12.5. The summed E-state index contributed by atoms with van der Waals surface area (Å²) in [4.78, 5) is 4.89. The summed E-state index contributed by atoms with van der Waals surface area (Å²) in [6.45, 7) is 6.54. The fraction of sp³-hybridized carbons (Fsp3) is 0.562. The molecular weight excluding hydrogens is 250 g/mol. The molecule has 2 atom stereocenters. The molecule has 0 saturated carbocycles. The summed E-state index contributed by atoms with van der Waals surface area (Å²) in [5.74, 6) is 2.67. The quantitative estimate of drug-likeness (QED) is 0.934. The molecule has 1 aromatic heterocycles. The maximum absolute atomic E-state index is 5.31. The van der Waals surface area contributed by atoms with E-state index in [1.165, 1.54) is 24.2 Å². The van der Waals surface area contributed by atoms with Crippen molar-refractivity contribution < 1.29 is 4.74 Å². The van der Waals surface area contributed by atoms with Crippen LogP contribution in [0.3, 0.4) is 0 Å². The molecule has 1 saturated heterocycles. The molecule has 20 heavy (non-hydrogen) atoms. The van der Waals surface area contributed by atoms with Gasteiger partial charge in [0.25, 0.3) is 0 Å². The first-order valence-corrected chi connectivity index (χ1v) is 7.52. The minimum atomic E-state index is 0.363. The summed E-state index contributed by atoms with van der Waals surface area (Å²) in [5.41, 5.74) is 2.23. The molecule has 1 aliphatic rings. The Morgan fingerprint density at radius 2 is 2.30 bits per heavy atom. The summed E-state index contributed by atoms with van der Waals surface area (Å²) in [7, 11) is 1.70. The second kappa shape index (κ2) is 5.44. The SMILES string of the molecule is CCn1c(C2NCCCC2C)nc2cc(OC)ccc21. The number of imidazole rings is 1. The van der Waals surface area contributed by atoms with Crippen molar-refractivity contribution in [3.05, 3.63) is 24.0 Å². The molecule has 0 spiro atoms. The van der Waals surface area contributed by atoms with Crippen molar-refractivity contribution in [2.45, 2.75) is 39.3 Å². The lowest BCUT2D eigenvalue weighted by Crippen LogP contribution is -2.34. The van der Waals surface area contributed by atoms with Crippen LogP contribution in [0.4, 0.5) is 0 Å². The number of nitrogens with one attached hydrogen (secondary N) is 1. The zero-order chi connectivity index (χ0) is 14.1. The number of methoxy groups -OCH3 is 1. The molecule has 2 heterocycles. The first kappa shape index (κ1) is 13.4. The number of benzene rings is 1. The highest BCUT2D eigenvalue weighted by Crippen LogP contribution is 2.31. The van der Waals surface area contributed by atoms with Crippen LogP contribution in [-0.4, -0.2) is 23.2 Å². The van der Waals surface area contributed by atoms with E-state index in [0.29, 0.717) is 12.0 Å². The molecule has 0 bridgehead atoms. The fourth-order valence-corrected chi connectivity index (χ4v) is 3.22. The Labute approximate surface area is 120 Å². The van der Waals surface area contributed by atoms with E-state index in [0.717, 1.165) is 24.4 Å². The number of aromatic nitrogens is 2. The van der Waals surface area contributed by atoms with Crippen molar-refractivity contribution in [3.8, 4) is 5.75 Å². The van der Waals surface area contributed by atoms with E-state index < -0.39 is 0 Å². The third-order valence-corrected chi connectivity index (χ3v) is 4.35. The van der Waals surface area contributed by atoms with E-state index in [9.17, 15) is 0 Å². The maximum atomic E-state index is 5.31. The van der Waals surface area contributed by atoms with Crippen molar-refractivity contribution >= 4 is 11.0 Å². The Kier molecular flexibility index (Phi) is 3.66. The number of fused-ring (bicyclic) bond motifs is 1. The highest BCUT2D eigenvalue weighted by molar-refractivity contribution is 5.78. The second-order valence-electron chi connectivity index (χ2n) is 5.62. The van der Waals surface area contributed by atoms with Crippen LogP contribution in [0.5, 0.6) is 5.75 Å². The fourth-order valence-electron chi connectivity index (χ4n) is 3.22. The molecule has 1 aromatic carbocycles. The van der Waals surface area contributed by atoms with Gasteiger partial charge in [0, 0.05) is 12.6 Å². The molecule has 3 rings (SSSR count). The topological polar surface area (TPSA) is 39.1 Å². The number of rotatable bonds is 3. The highest BCUT2D eigenvalue weighted by atomic mass is 16.5. The van der Waals surface area contributed by atoms with Crippen LogP contribution < -0.4 is 10.1 Å². The Bertz CT molecular complexity index is 605. The van der Waals surface area contributed by atoms with Crippen LogP contribution in [-0.2, 0) is 6.54 Å². The molecule has 1 aliphatic heterocycles. The summed E-state index contributed by atoms with van der Waals surface area (Å²) < 4.78 is 7.63. The third kappa shape index (κ3) is 2.18. The van der Waals surface area contributed by atoms with Crippen LogP contribution in [0, 0.1) is 5.92 Å². The predicted octanol–water partition coefficient (Wildman–Crippen LogP) is 3.13. The van der Waals surface area contributed by atoms with Gasteiger partial charge in [-0.25, -0.2) is 4.98 Å². The molecule has 108 valence electrons. The largest absolute Gasteiger partial charge is 0.497 e. The van der Waals surface area contributed by atoms with E-state index >= 15 is 0 Å². The molecule has 4 heteroatoms. The van der Waals surface area contributed by atoms with Gasteiger partial charge >= 0.3 is 0 Å². The summed E-state index contributed by atoms with van der Waals surface area (Å²) in [5, 5.41) is 3.63. The van der Waals surface area contributed by atoms with Crippen molar-refractivity contribution in [1.82, 2.24) is 14.9 Å². The smallest absolute Gasteiger partial charge is 0.127 e. The lowest BCUT2D eigenvalue weighted by molar-refractivity contribution is 0.289. The van der Waals surface area contributed by atoms with Gasteiger partial charge in [0.15, 0.2) is 0 Å². The number of aryl methyl sites for hydroxylation is 1. The Morgan fingerprint density at radius 1 is 1.45 bits per heavy atom. The van der Waals surface area contributed by atoms with Crippen LogP contribution in [0.2, 0.25) is 0 Å². The zero-order valence-corrected chi connectivity index (χ0v) is 12.5. The molecule has 2 aromatic rings. The first-order valence-electron chi connectivity index (χ1n) is 7.52. The van der Waals surface area contributed by atoms with E-state index in [-0.39, 0.29) is 0 Å². The average molecular weight is 273 g/mol. The normalized spacial score (nSPS) is 23.1. The van der Waals surface area contributed by atoms with Gasteiger partial charge in [0.2, 0.25) is 0 Å². The maximum Gasteiger partial charge on any atom is 0.127 e. The minimum absolute atomic E-state index is 0.363. The number of hydrogen-bond acceptors (Lipinski definition) is 3. The Balaban J connectivity index is 2.09. The molecule has 0 radical (unpaired) electrons. The van der Waals surface area contributed by atoms with Gasteiger partial charge in [0.1, 0.15) is 11.6 Å². The third-order valence-electron chi connectivity index (χ3n) is 4.35. The number of piperidine rings is 1. The van der Waals surface area contributed by atoms with Gasteiger partial charge < -0.3 is 14.6 Å². The van der Waals surface area contributed by atoms with Crippen LogP contribution in [0.15, 0.2) is 18.2 Å². The lowest BCUT2D eigenvalue weighted by atomic mass is 9.92. The minimum Gasteiger partial charge on any atom is -0.497 e. The standard InChI is InChI=1S/C16H23N3O/c1-4-19-14-8-7-12(20-3)10-13(14)18-16(19)15-11(2)6-5-9-17-15/h7-8,10-11,15,17H,4-6,9H2,1-3H3. The van der Waals surface area contributed by atoms with Crippen molar-refractivity contribution in [1.29, 1.82) is 0 Å². The molecule has 1 fully saturated rings. The monoisotopic (exact) mass is 273 g/mol.